The molecule has 1 aliphatic rings. The molecule has 110 valence electrons. The van der Waals surface area contributed by atoms with Crippen LogP contribution in [-0.2, 0) is 5.41 Å². The molecule has 3 N–H and O–H groups in total. The minimum Gasteiger partial charge on any atom is -0.324 e. The lowest BCUT2D eigenvalue weighted by molar-refractivity contribution is 0.436. The Morgan fingerprint density at radius 1 is 0.905 bits per heavy atom. The highest BCUT2D eigenvalue weighted by Gasteiger charge is 2.41. The van der Waals surface area contributed by atoms with Crippen LogP contribution in [0, 0.1) is 0 Å². The van der Waals surface area contributed by atoms with Crippen LogP contribution < -0.4 is 11.3 Å². The van der Waals surface area contributed by atoms with Gasteiger partial charge in [-0.3, -0.25) is 5.84 Å². The van der Waals surface area contributed by atoms with Gasteiger partial charge in [-0.1, -0.05) is 57.0 Å². The van der Waals surface area contributed by atoms with Crippen molar-refractivity contribution in [1.29, 1.82) is 0 Å². The molecule has 0 fully saturated rings. The molecule has 0 saturated heterocycles. The van der Waals surface area contributed by atoms with E-state index in [1.807, 2.05) is 0 Å². The summed E-state index contributed by atoms with van der Waals surface area (Å²) in [6, 6.07) is 15.4. The van der Waals surface area contributed by atoms with Gasteiger partial charge in [0.15, 0.2) is 0 Å². The van der Waals surface area contributed by atoms with E-state index in [2.05, 4.69) is 61.7 Å². The van der Waals surface area contributed by atoms with E-state index in [1.54, 1.807) is 0 Å². The van der Waals surface area contributed by atoms with Gasteiger partial charge in [-0.25, -0.2) is 0 Å². The molecule has 0 heterocycles. The van der Waals surface area contributed by atoms with E-state index in [4.69, 9.17) is 5.84 Å². The number of anilines is 1. The van der Waals surface area contributed by atoms with Crippen LogP contribution in [0.1, 0.15) is 50.7 Å². The molecule has 0 atom stereocenters. The summed E-state index contributed by atoms with van der Waals surface area (Å²) in [4.78, 5) is 0. The van der Waals surface area contributed by atoms with Crippen molar-refractivity contribution >= 4 is 5.69 Å². The first-order chi connectivity index (χ1) is 10.3. The molecule has 0 bridgehead atoms. The van der Waals surface area contributed by atoms with Crippen LogP contribution >= 0.6 is 0 Å². The van der Waals surface area contributed by atoms with Crippen molar-refractivity contribution in [2.75, 3.05) is 5.43 Å². The maximum absolute atomic E-state index is 5.64. The van der Waals surface area contributed by atoms with Crippen LogP contribution in [-0.4, -0.2) is 0 Å². The Kier molecular flexibility index (Phi) is 3.73. The molecule has 0 saturated carbocycles. The van der Waals surface area contributed by atoms with Gasteiger partial charge in [0.05, 0.1) is 0 Å². The van der Waals surface area contributed by atoms with E-state index in [-0.39, 0.29) is 5.41 Å². The molecular formula is C19H24N2. The predicted octanol–water partition coefficient (Wildman–Crippen LogP) is 4.84. The predicted molar refractivity (Wildman–Crippen MR) is 90.3 cm³/mol. The quantitative estimate of drug-likeness (QED) is 0.607. The maximum Gasteiger partial charge on any atom is 0.0488 e. The number of benzene rings is 2. The first-order valence-electron chi connectivity index (χ1n) is 7.98. The summed E-state index contributed by atoms with van der Waals surface area (Å²) < 4.78 is 0. The summed E-state index contributed by atoms with van der Waals surface area (Å²) in [5.74, 6) is 5.64. The zero-order valence-corrected chi connectivity index (χ0v) is 12.9. The fourth-order valence-corrected chi connectivity index (χ4v) is 4.06. The van der Waals surface area contributed by atoms with Gasteiger partial charge in [-0.15, -0.1) is 0 Å². The lowest BCUT2D eigenvalue weighted by Crippen LogP contribution is -2.25. The van der Waals surface area contributed by atoms with E-state index in [1.165, 1.54) is 47.9 Å². The van der Waals surface area contributed by atoms with Gasteiger partial charge in [0.25, 0.3) is 0 Å². The molecule has 21 heavy (non-hydrogen) atoms. The van der Waals surface area contributed by atoms with Crippen LogP contribution in [0.4, 0.5) is 5.69 Å². The number of nitrogen functional groups attached to an aromatic ring is 1. The van der Waals surface area contributed by atoms with Gasteiger partial charge in [-0.2, -0.15) is 0 Å². The van der Waals surface area contributed by atoms with Gasteiger partial charge in [-0.05, 0) is 47.2 Å². The summed E-state index contributed by atoms with van der Waals surface area (Å²) in [5, 5.41) is 0. The van der Waals surface area contributed by atoms with Crippen LogP contribution in [0.25, 0.3) is 11.1 Å². The molecule has 2 heteroatoms. The van der Waals surface area contributed by atoms with Gasteiger partial charge >= 0.3 is 0 Å². The maximum atomic E-state index is 5.64. The highest BCUT2D eigenvalue weighted by Crippen LogP contribution is 2.54. The van der Waals surface area contributed by atoms with E-state index in [9.17, 15) is 0 Å². The molecule has 2 nitrogen and oxygen atoms in total. The standard InChI is InChI=1S/C19H24N2/c1-3-11-19(12-4-2)17-8-6-5-7-15(17)16-10-9-14(21-20)13-18(16)19/h5-10,13,21H,3-4,11-12,20H2,1-2H3. The van der Waals surface area contributed by atoms with Crippen LogP contribution in [0.5, 0.6) is 0 Å². The first kappa shape index (κ1) is 14.2. The minimum absolute atomic E-state index is 0.155. The lowest BCUT2D eigenvalue weighted by atomic mass is 9.71. The van der Waals surface area contributed by atoms with E-state index in [0.717, 1.165) is 5.69 Å². The van der Waals surface area contributed by atoms with E-state index < -0.39 is 0 Å². The molecule has 2 aromatic carbocycles. The second-order valence-corrected chi connectivity index (χ2v) is 6.03. The number of hydrogen-bond acceptors (Lipinski definition) is 2. The highest BCUT2D eigenvalue weighted by atomic mass is 15.2. The summed E-state index contributed by atoms with van der Waals surface area (Å²) in [7, 11) is 0. The molecule has 0 spiro atoms. The topological polar surface area (TPSA) is 38.0 Å². The Morgan fingerprint density at radius 3 is 2.24 bits per heavy atom. The molecule has 2 aromatic rings. The summed E-state index contributed by atoms with van der Waals surface area (Å²) in [5.41, 5.74) is 9.69. The smallest absolute Gasteiger partial charge is 0.0488 e. The Hall–Kier alpha value is -1.80. The van der Waals surface area contributed by atoms with Crippen molar-refractivity contribution in [2.24, 2.45) is 5.84 Å². The molecule has 0 aliphatic heterocycles. The Labute approximate surface area is 127 Å². The molecule has 0 radical (unpaired) electrons. The lowest BCUT2D eigenvalue weighted by Gasteiger charge is -2.32. The second kappa shape index (κ2) is 5.53. The molecule has 1 aliphatic carbocycles. The van der Waals surface area contributed by atoms with Gasteiger partial charge in [0, 0.05) is 11.1 Å². The highest BCUT2D eigenvalue weighted by molar-refractivity contribution is 5.82. The van der Waals surface area contributed by atoms with Crippen LogP contribution in [0.15, 0.2) is 42.5 Å². The SMILES string of the molecule is CCCC1(CCC)c2ccccc2-c2ccc(NN)cc21. The average Bonchev–Trinajstić information content (AvgIpc) is 2.79. The zero-order chi connectivity index (χ0) is 14.9. The molecule has 0 aromatic heterocycles. The monoisotopic (exact) mass is 280 g/mol. The largest absolute Gasteiger partial charge is 0.324 e. The minimum atomic E-state index is 0.155. The van der Waals surface area contributed by atoms with Crippen LogP contribution in [0.2, 0.25) is 0 Å². The van der Waals surface area contributed by atoms with E-state index >= 15 is 0 Å². The molecule has 0 unspecified atom stereocenters. The van der Waals surface area contributed by atoms with Crippen molar-refractivity contribution < 1.29 is 0 Å². The third-order valence-electron chi connectivity index (χ3n) is 4.79. The van der Waals surface area contributed by atoms with Gasteiger partial charge in [0.1, 0.15) is 0 Å². The van der Waals surface area contributed by atoms with Crippen molar-refractivity contribution in [1.82, 2.24) is 0 Å². The van der Waals surface area contributed by atoms with Gasteiger partial charge < -0.3 is 5.43 Å². The number of rotatable bonds is 5. The molecule has 0 amide bonds. The number of nitrogens with two attached hydrogens (primary N) is 1. The third-order valence-corrected chi connectivity index (χ3v) is 4.79. The Morgan fingerprint density at radius 2 is 1.57 bits per heavy atom. The fourth-order valence-electron chi connectivity index (χ4n) is 4.06. The summed E-state index contributed by atoms with van der Waals surface area (Å²) >= 11 is 0. The van der Waals surface area contributed by atoms with Crippen molar-refractivity contribution in [3.8, 4) is 11.1 Å². The Balaban J connectivity index is 2.28. The normalized spacial score (nSPS) is 14.6. The van der Waals surface area contributed by atoms with Gasteiger partial charge in [0.2, 0.25) is 0 Å². The van der Waals surface area contributed by atoms with Crippen molar-refractivity contribution in [3.05, 3.63) is 53.6 Å². The van der Waals surface area contributed by atoms with Crippen molar-refractivity contribution in [3.63, 3.8) is 0 Å². The molecule has 3 rings (SSSR count). The summed E-state index contributed by atoms with van der Waals surface area (Å²) in [6.45, 7) is 4.56. The number of hydrazine groups is 1. The number of nitrogens with one attached hydrogen (secondary N) is 1. The fraction of sp³-hybridized carbons (Fsp3) is 0.368. The zero-order valence-electron chi connectivity index (χ0n) is 12.9. The van der Waals surface area contributed by atoms with E-state index in [0.29, 0.717) is 0 Å². The first-order valence-corrected chi connectivity index (χ1v) is 7.98. The van der Waals surface area contributed by atoms with Crippen LogP contribution in [0.3, 0.4) is 0 Å². The number of hydrogen-bond donors (Lipinski definition) is 2. The molecular weight excluding hydrogens is 256 g/mol. The second-order valence-electron chi connectivity index (χ2n) is 6.03. The van der Waals surface area contributed by atoms with Crippen molar-refractivity contribution in [2.45, 2.75) is 44.9 Å². The average molecular weight is 280 g/mol. The Bertz CT molecular complexity index is 640. The summed E-state index contributed by atoms with van der Waals surface area (Å²) in [6.07, 6.45) is 4.76. The third kappa shape index (κ3) is 2.06. The number of fused-ring (bicyclic) bond motifs is 3.